The summed E-state index contributed by atoms with van der Waals surface area (Å²) in [5.41, 5.74) is 0.196. The molecule has 0 saturated heterocycles. The van der Waals surface area contributed by atoms with Crippen molar-refractivity contribution >= 4 is 57.1 Å². The highest BCUT2D eigenvalue weighted by Gasteiger charge is 2.13. The smallest absolute Gasteiger partial charge is 0.271 e. The molecule has 0 fully saturated rings. The molecule has 0 unspecified atom stereocenters. The molecule has 1 aromatic heterocycles. The molecule has 0 atom stereocenters. The lowest BCUT2D eigenvalue weighted by atomic mass is 10.2. The van der Waals surface area contributed by atoms with Crippen LogP contribution in [0.5, 0.6) is 0 Å². The number of non-ortho nitro benzene ring substituents is 1. The van der Waals surface area contributed by atoms with Gasteiger partial charge >= 0.3 is 0 Å². The Kier molecular flexibility index (Phi) is 6.97. The number of nitrogens with one attached hydrogen (secondary N) is 2. The van der Waals surface area contributed by atoms with Crippen LogP contribution in [0.2, 0.25) is 5.02 Å². The van der Waals surface area contributed by atoms with Crippen molar-refractivity contribution in [2.45, 2.75) is 18.2 Å². The fourth-order valence-corrected chi connectivity index (χ4v) is 3.44. The van der Waals surface area contributed by atoms with Gasteiger partial charge in [0.15, 0.2) is 4.34 Å². The van der Waals surface area contributed by atoms with Crippen molar-refractivity contribution in [3.8, 4) is 0 Å². The predicted molar refractivity (Wildman–Crippen MR) is 101 cm³/mol. The maximum absolute atomic E-state index is 12.0. The number of anilines is 2. The highest BCUT2D eigenvalue weighted by molar-refractivity contribution is 8.01. The number of nitro groups is 1. The van der Waals surface area contributed by atoms with Crippen LogP contribution in [0, 0.1) is 16.0 Å². The van der Waals surface area contributed by atoms with E-state index in [2.05, 4.69) is 34.7 Å². The molecule has 1 amide bonds. The van der Waals surface area contributed by atoms with E-state index in [0.717, 1.165) is 11.7 Å². The summed E-state index contributed by atoms with van der Waals surface area (Å²) in [4.78, 5) is 22.1. The number of nitrogens with zero attached hydrogens (tertiary/aromatic N) is 3. The molecule has 2 rings (SSSR count). The normalized spacial score (nSPS) is 10.7. The zero-order valence-electron chi connectivity index (χ0n) is 13.5. The Hall–Kier alpha value is -1.91. The van der Waals surface area contributed by atoms with Crippen molar-refractivity contribution in [2.24, 2.45) is 5.92 Å². The van der Waals surface area contributed by atoms with Gasteiger partial charge in [0.2, 0.25) is 11.0 Å². The third-order valence-electron chi connectivity index (χ3n) is 2.83. The Morgan fingerprint density at radius 3 is 2.84 bits per heavy atom. The summed E-state index contributed by atoms with van der Waals surface area (Å²) in [5.74, 6) is 0.344. The first-order valence-electron chi connectivity index (χ1n) is 7.29. The molecule has 0 aliphatic heterocycles. The minimum absolute atomic E-state index is 0.114. The second kappa shape index (κ2) is 8.97. The SMILES string of the molecule is CC(C)CNc1nnc(SCC(=O)Nc2ccc([N+](=O)[O-])cc2Cl)s1. The number of rotatable bonds is 8. The van der Waals surface area contributed by atoms with E-state index in [1.54, 1.807) is 0 Å². The Morgan fingerprint density at radius 1 is 1.44 bits per heavy atom. The number of nitro benzene ring substituents is 1. The average Bonchev–Trinajstić information content (AvgIpc) is 3.00. The average molecular weight is 402 g/mol. The van der Waals surface area contributed by atoms with E-state index >= 15 is 0 Å². The third-order valence-corrected chi connectivity index (χ3v) is 5.16. The number of amides is 1. The lowest BCUT2D eigenvalue weighted by Gasteiger charge is -2.06. The molecule has 2 aromatic rings. The van der Waals surface area contributed by atoms with E-state index in [0.29, 0.717) is 15.9 Å². The highest BCUT2D eigenvalue weighted by Crippen LogP contribution is 2.28. The lowest BCUT2D eigenvalue weighted by molar-refractivity contribution is -0.384. The summed E-state index contributed by atoms with van der Waals surface area (Å²) >= 11 is 8.58. The summed E-state index contributed by atoms with van der Waals surface area (Å²) in [6.07, 6.45) is 0. The monoisotopic (exact) mass is 401 g/mol. The minimum Gasteiger partial charge on any atom is -0.360 e. The van der Waals surface area contributed by atoms with E-state index in [4.69, 9.17) is 11.6 Å². The molecular weight excluding hydrogens is 386 g/mol. The second-order valence-corrected chi connectivity index (χ2v) is 8.01. The van der Waals surface area contributed by atoms with Crippen LogP contribution in [-0.2, 0) is 4.79 Å². The van der Waals surface area contributed by atoms with Crippen molar-refractivity contribution in [1.29, 1.82) is 0 Å². The van der Waals surface area contributed by atoms with Gasteiger partial charge in [-0.15, -0.1) is 10.2 Å². The maximum atomic E-state index is 12.0. The molecule has 0 aliphatic rings. The van der Waals surface area contributed by atoms with Gasteiger partial charge in [-0.05, 0) is 12.0 Å². The first-order chi connectivity index (χ1) is 11.8. The highest BCUT2D eigenvalue weighted by atomic mass is 35.5. The topological polar surface area (TPSA) is 110 Å². The summed E-state index contributed by atoms with van der Waals surface area (Å²) in [5, 5.41) is 25.3. The van der Waals surface area contributed by atoms with E-state index in [-0.39, 0.29) is 22.4 Å². The molecule has 1 aromatic carbocycles. The van der Waals surface area contributed by atoms with Crippen molar-refractivity contribution in [3.05, 3.63) is 33.3 Å². The summed E-state index contributed by atoms with van der Waals surface area (Å²) in [6.45, 7) is 4.99. The van der Waals surface area contributed by atoms with Crippen LogP contribution in [0.1, 0.15) is 13.8 Å². The zero-order valence-corrected chi connectivity index (χ0v) is 15.9. The van der Waals surface area contributed by atoms with Gasteiger partial charge in [-0.2, -0.15) is 0 Å². The van der Waals surface area contributed by atoms with Crippen molar-refractivity contribution in [1.82, 2.24) is 10.2 Å². The summed E-state index contributed by atoms with van der Waals surface area (Å²) in [6, 6.07) is 3.88. The third kappa shape index (κ3) is 6.15. The van der Waals surface area contributed by atoms with Crippen LogP contribution < -0.4 is 10.6 Å². The summed E-state index contributed by atoms with van der Waals surface area (Å²) in [7, 11) is 0. The second-order valence-electron chi connectivity index (χ2n) is 5.41. The van der Waals surface area contributed by atoms with E-state index in [1.165, 1.54) is 41.3 Å². The Morgan fingerprint density at radius 2 is 2.20 bits per heavy atom. The number of hydrogen-bond donors (Lipinski definition) is 2. The van der Waals surface area contributed by atoms with Gasteiger partial charge in [0.25, 0.3) is 5.69 Å². The van der Waals surface area contributed by atoms with Crippen LogP contribution in [0.25, 0.3) is 0 Å². The molecule has 25 heavy (non-hydrogen) atoms. The van der Waals surface area contributed by atoms with Crippen LogP contribution in [0.15, 0.2) is 22.5 Å². The molecule has 0 aliphatic carbocycles. The van der Waals surface area contributed by atoms with E-state index in [9.17, 15) is 14.9 Å². The van der Waals surface area contributed by atoms with Crippen molar-refractivity contribution < 1.29 is 9.72 Å². The van der Waals surface area contributed by atoms with Gasteiger partial charge in [-0.1, -0.05) is 48.5 Å². The maximum Gasteiger partial charge on any atom is 0.271 e. The molecule has 0 spiro atoms. The number of thioether (sulfide) groups is 1. The Balaban J connectivity index is 1.85. The number of carbonyl (C=O) groups excluding carboxylic acids is 1. The van der Waals surface area contributed by atoms with Crippen LogP contribution in [0.4, 0.5) is 16.5 Å². The first-order valence-corrected chi connectivity index (χ1v) is 9.47. The number of halogens is 1. The first kappa shape index (κ1) is 19.4. The van der Waals surface area contributed by atoms with Gasteiger partial charge in [0.1, 0.15) is 0 Å². The molecule has 11 heteroatoms. The molecule has 0 saturated carbocycles. The van der Waals surface area contributed by atoms with Crippen molar-refractivity contribution in [3.63, 3.8) is 0 Å². The molecule has 134 valence electrons. The predicted octanol–water partition coefficient (Wildman–Crippen LogP) is 3.90. The number of benzene rings is 1. The molecule has 8 nitrogen and oxygen atoms in total. The van der Waals surface area contributed by atoms with Crippen molar-refractivity contribution in [2.75, 3.05) is 22.9 Å². The van der Waals surface area contributed by atoms with Gasteiger partial charge < -0.3 is 10.6 Å². The standard InChI is InChI=1S/C14H16ClN5O3S2/c1-8(2)6-16-13-18-19-14(25-13)24-7-12(21)17-11-4-3-9(20(22)23)5-10(11)15/h3-5,8H,6-7H2,1-2H3,(H,16,18)(H,17,21). The van der Waals surface area contributed by atoms with E-state index < -0.39 is 4.92 Å². The van der Waals surface area contributed by atoms with Crippen LogP contribution in [-0.4, -0.2) is 33.3 Å². The number of aromatic nitrogens is 2. The minimum atomic E-state index is -0.548. The molecular formula is C14H16ClN5O3S2. The molecule has 1 heterocycles. The number of carbonyl (C=O) groups is 1. The zero-order chi connectivity index (χ0) is 18.4. The van der Waals surface area contributed by atoms with Crippen LogP contribution >= 0.6 is 34.7 Å². The number of hydrogen-bond acceptors (Lipinski definition) is 8. The van der Waals surface area contributed by atoms with Gasteiger partial charge in [-0.25, -0.2) is 0 Å². The van der Waals surface area contributed by atoms with E-state index in [1.807, 2.05) is 0 Å². The Bertz CT molecular complexity index is 769. The van der Waals surface area contributed by atoms with Gasteiger partial charge in [-0.3, -0.25) is 14.9 Å². The largest absolute Gasteiger partial charge is 0.360 e. The fourth-order valence-electron chi connectivity index (χ4n) is 1.66. The molecule has 2 N–H and O–H groups in total. The van der Waals surface area contributed by atoms with Crippen LogP contribution in [0.3, 0.4) is 0 Å². The van der Waals surface area contributed by atoms with Gasteiger partial charge in [0, 0.05) is 18.7 Å². The van der Waals surface area contributed by atoms with Gasteiger partial charge in [0.05, 0.1) is 21.4 Å². The summed E-state index contributed by atoms with van der Waals surface area (Å²) < 4.78 is 0.677. The molecule has 0 bridgehead atoms. The molecule has 0 radical (unpaired) electrons. The fraction of sp³-hybridized carbons (Fsp3) is 0.357. The quantitative estimate of drug-likeness (QED) is 0.392. The Labute approximate surface area is 157 Å². The lowest BCUT2D eigenvalue weighted by Crippen LogP contribution is -2.14.